The molecule has 2 N–H and O–H groups in total. The number of aromatic nitrogens is 1. The molecule has 0 aliphatic rings. The molecule has 0 aliphatic carbocycles. The van der Waals surface area contributed by atoms with Crippen molar-refractivity contribution in [1.29, 1.82) is 0 Å². The Kier molecular flexibility index (Phi) is 6.14. The Morgan fingerprint density at radius 2 is 2.06 bits per heavy atom. The summed E-state index contributed by atoms with van der Waals surface area (Å²) in [6.45, 7) is 6.72. The molecule has 0 radical (unpaired) electrons. The summed E-state index contributed by atoms with van der Waals surface area (Å²) in [5.74, 6) is 0.940. The van der Waals surface area contributed by atoms with Crippen molar-refractivity contribution in [2.45, 2.75) is 20.3 Å². The molecule has 1 aromatic heterocycles. The van der Waals surface area contributed by atoms with Gasteiger partial charge in [0.25, 0.3) is 0 Å². The molecule has 0 aliphatic heterocycles. The van der Waals surface area contributed by atoms with Gasteiger partial charge in [-0.05, 0) is 33.0 Å². The summed E-state index contributed by atoms with van der Waals surface area (Å²) in [6.07, 6.45) is 2.17. The van der Waals surface area contributed by atoms with Crippen molar-refractivity contribution in [1.82, 2.24) is 10.3 Å². The third-order valence-electron chi connectivity index (χ3n) is 2.72. The van der Waals surface area contributed by atoms with E-state index >= 15 is 0 Å². The van der Waals surface area contributed by atoms with Crippen LogP contribution in [0, 0.1) is 0 Å². The van der Waals surface area contributed by atoms with Crippen molar-refractivity contribution in [3.8, 4) is 0 Å². The lowest BCUT2D eigenvalue weighted by Gasteiger charge is -2.19. The van der Waals surface area contributed by atoms with Gasteiger partial charge in [0.05, 0.1) is 11.9 Å². The van der Waals surface area contributed by atoms with E-state index in [1.165, 1.54) is 0 Å². The summed E-state index contributed by atoms with van der Waals surface area (Å²) in [4.78, 5) is 18.0. The average Bonchev–Trinajstić information content (AvgIpc) is 2.40. The van der Waals surface area contributed by atoms with Crippen LogP contribution in [0.4, 0.5) is 11.5 Å². The molecule has 18 heavy (non-hydrogen) atoms. The summed E-state index contributed by atoms with van der Waals surface area (Å²) < 4.78 is 0. The molecule has 0 atom stereocenters. The number of hydrogen-bond acceptors (Lipinski definition) is 4. The van der Waals surface area contributed by atoms with E-state index < -0.39 is 0 Å². The largest absolute Gasteiger partial charge is 0.357 e. The highest BCUT2D eigenvalue weighted by Crippen LogP contribution is 2.13. The Morgan fingerprint density at radius 3 is 2.56 bits per heavy atom. The molecule has 1 aromatic rings. The Labute approximate surface area is 109 Å². The molecule has 0 bridgehead atoms. The molecule has 0 saturated carbocycles. The highest BCUT2D eigenvalue weighted by atomic mass is 16.1. The van der Waals surface area contributed by atoms with E-state index in [1.54, 1.807) is 6.20 Å². The van der Waals surface area contributed by atoms with Crippen molar-refractivity contribution >= 4 is 17.4 Å². The van der Waals surface area contributed by atoms with Crippen molar-refractivity contribution in [2.75, 3.05) is 36.9 Å². The van der Waals surface area contributed by atoms with E-state index in [2.05, 4.69) is 34.4 Å². The quantitative estimate of drug-likeness (QED) is 0.769. The maximum Gasteiger partial charge on any atom is 0.225 e. The van der Waals surface area contributed by atoms with Crippen LogP contribution < -0.4 is 15.5 Å². The SMILES string of the molecule is CCN(CC)c1ccc(NC(=O)CCNC)cn1. The molecule has 1 heterocycles. The molecule has 100 valence electrons. The van der Waals surface area contributed by atoms with E-state index in [9.17, 15) is 4.79 Å². The van der Waals surface area contributed by atoms with Crippen LogP contribution in [-0.4, -0.2) is 37.6 Å². The monoisotopic (exact) mass is 250 g/mol. The predicted octanol–water partition coefficient (Wildman–Crippen LogP) is 1.48. The van der Waals surface area contributed by atoms with Gasteiger partial charge in [-0.1, -0.05) is 0 Å². The minimum Gasteiger partial charge on any atom is -0.357 e. The van der Waals surface area contributed by atoms with Gasteiger partial charge in [0.1, 0.15) is 5.82 Å². The Hall–Kier alpha value is -1.62. The van der Waals surface area contributed by atoms with Crippen molar-refractivity contribution < 1.29 is 4.79 Å². The van der Waals surface area contributed by atoms with Crippen LogP contribution in [0.3, 0.4) is 0 Å². The molecule has 5 heteroatoms. The normalized spacial score (nSPS) is 10.2. The summed E-state index contributed by atoms with van der Waals surface area (Å²) in [5, 5.41) is 5.76. The van der Waals surface area contributed by atoms with Gasteiger partial charge in [-0.25, -0.2) is 4.98 Å². The first kappa shape index (κ1) is 14.4. The first-order chi connectivity index (χ1) is 8.71. The van der Waals surface area contributed by atoms with Gasteiger partial charge >= 0.3 is 0 Å². The first-order valence-electron chi connectivity index (χ1n) is 6.36. The zero-order valence-corrected chi connectivity index (χ0v) is 11.4. The summed E-state index contributed by atoms with van der Waals surface area (Å²) in [5.41, 5.74) is 0.743. The fourth-order valence-corrected chi connectivity index (χ4v) is 1.66. The maximum atomic E-state index is 11.5. The lowest BCUT2D eigenvalue weighted by Crippen LogP contribution is -2.23. The number of hydrogen-bond donors (Lipinski definition) is 2. The Balaban J connectivity index is 2.57. The van der Waals surface area contributed by atoms with Crippen LogP contribution in [0.2, 0.25) is 0 Å². The number of carbonyl (C=O) groups is 1. The van der Waals surface area contributed by atoms with Gasteiger partial charge in [-0.3, -0.25) is 4.79 Å². The van der Waals surface area contributed by atoms with Crippen LogP contribution >= 0.6 is 0 Å². The zero-order valence-electron chi connectivity index (χ0n) is 11.4. The van der Waals surface area contributed by atoms with Gasteiger partial charge in [0.2, 0.25) is 5.91 Å². The molecule has 0 fully saturated rings. The summed E-state index contributed by atoms with van der Waals surface area (Å²) in [7, 11) is 1.83. The van der Waals surface area contributed by atoms with E-state index in [0.717, 1.165) is 24.6 Å². The van der Waals surface area contributed by atoms with Gasteiger partial charge < -0.3 is 15.5 Å². The molecule has 5 nitrogen and oxygen atoms in total. The number of nitrogens with one attached hydrogen (secondary N) is 2. The van der Waals surface area contributed by atoms with Gasteiger partial charge in [-0.15, -0.1) is 0 Å². The third kappa shape index (κ3) is 4.33. The minimum absolute atomic E-state index is 0.00161. The Bertz CT molecular complexity index is 360. The fraction of sp³-hybridized carbons (Fsp3) is 0.538. The Morgan fingerprint density at radius 1 is 1.33 bits per heavy atom. The molecule has 0 aromatic carbocycles. The minimum atomic E-state index is 0.00161. The molecule has 0 saturated heterocycles. The number of rotatable bonds is 7. The van der Waals surface area contributed by atoms with Crippen molar-refractivity contribution in [2.24, 2.45) is 0 Å². The second kappa shape index (κ2) is 7.66. The number of nitrogens with zero attached hydrogens (tertiary/aromatic N) is 2. The van der Waals surface area contributed by atoms with E-state index in [1.807, 2.05) is 19.2 Å². The van der Waals surface area contributed by atoms with Crippen molar-refractivity contribution in [3.63, 3.8) is 0 Å². The average molecular weight is 250 g/mol. The second-order valence-electron chi connectivity index (χ2n) is 3.98. The number of amides is 1. The lowest BCUT2D eigenvalue weighted by molar-refractivity contribution is -0.116. The topological polar surface area (TPSA) is 57.3 Å². The van der Waals surface area contributed by atoms with E-state index in [4.69, 9.17) is 0 Å². The smallest absolute Gasteiger partial charge is 0.225 e. The van der Waals surface area contributed by atoms with Crippen LogP contribution in [0.5, 0.6) is 0 Å². The van der Waals surface area contributed by atoms with Gasteiger partial charge in [-0.2, -0.15) is 0 Å². The highest BCUT2D eigenvalue weighted by molar-refractivity contribution is 5.90. The van der Waals surface area contributed by atoms with Gasteiger partial charge in [0.15, 0.2) is 0 Å². The highest BCUT2D eigenvalue weighted by Gasteiger charge is 2.05. The molecular weight excluding hydrogens is 228 g/mol. The summed E-state index contributed by atoms with van der Waals surface area (Å²) in [6, 6.07) is 3.82. The number of pyridine rings is 1. The second-order valence-corrected chi connectivity index (χ2v) is 3.98. The maximum absolute atomic E-state index is 11.5. The number of carbonyl (C=O) groups excluding carboxylic acids is 1. The van der Waals surface area contributed by atoms with Crippen LogP contribution in [0.25, 0.3) is 0 Å². The molecular formula is C13H22N4O. The van der Waals surface area contributed by atoms with Crippen LogP contribution in [-0.2, 0) is 4.79 Å². The predicted molar refractivity (Wildman–Crippen MR) is 75.0 cm³/mol. The van der Waals surface area contributed by atoms with Crippen molar-refractivity contribution in [3.05, 3.63) is 18.3 Å². The molecule has 1 amide bonds. The van der Waals surface area contributed by atoms with Crippen LogP contribution in [0.15, 0.2) is 18.3 Å². The van der Waals surface area contributed by atoms with E-state index in [0.29, 0.717) is 13.0 Å². The molecule has 0 spiro atoms. The molecule has 0 unspecified atom stereocenters. The van der Waals surface area contributed by atoms with E-state index in [-0.39, 0.29) is 5.91 Å². The number of anilines is 2. The zero-order chi connectivity index (χ0) is 13.4. The van der Waals surface area contributed by atoms with Gasteiger partial charge in [0, 0.05) is 26.1 Å². The fourth-order valence-electron chi connectivity index (χ4n) is 1.66. The standard InChI is InChI=1S/C13H22N4O/c1-4-17(5-2)12-7-6-11(10-15-12)16-13(18)8-9-14-3/h6-7,10,14H,4-5,8-9H2,1-3H3,(H,16,18). The summed E-state index contributed by atoms with van der Waals surface area (Å²) >= 11 is 0. The third-order valence-corrected chi connectivity index (χ3v) is 2.72. The first-order valence-corrected chi connectivity index (χ1v) is 6.36. The van der Waals surface area contributed by atoms with Crippen LogP contribution in [0.1, 0.15) is 20.3 Å². The molecule has 1 rings (SSSR count). The lowest BCUT2D eigenvalue weighted by atomic mass is 10.3.